The first-order valence-electron chi connectivity index (χ1n) is 8.07. The highest BCUT2D eigenvalue weighted by Gasteiger charge is 2.35. The van der Waals surface area contributed by atoms with Crippen LogP contribution >= 0.6 is 12.4 Å². The van der Waals surface area contributed by atoms with Gasteiger partial charge in [-0.3, -0.25) is 9.69 Å². The monoisotopic (exact) mass is 380 g/mol. The number of carbonyl (C=O) groups excluding carboxylic acids is 1. The summed E-state index contributed by atoms with van der Waals surface area (Å²) in [4.78, 5) is 13.7. The van der Waals surface area contributed by atoms with Gasteiger partial charge < -0.3 is 10.4 Å². The van der Waals surface area contributed by atoms with Crippen molar-refractivity contribution in [1.29, 1.82) is 0 Å². The molecule has 0 unspecified atom stereocenters. The molecule has 0 radical (unpaired) electrons. The number of amides is 1. The summed E-state index contributed by atoms with van der Waals surface area (Å²) in [7, 11) is 0. The van der Waals surface area contributed by atoms with Gasteiger partial charge in [0.05, 0.1) is 6.61 Å². The number of nitrogens with one attached hydrogen (secondary N) is 1. The van der Waals surface area contributed by atoms with Gasteiger partial charge in [-0.2, -0.15) is 0 Å². The molecule has 0 bridgehead atoms. The summed E-state index contributed by atoms with van der Waals surface area (Å²) < 4.78 is 39.7. The van der Waals surface area contributed by atoms with Crippen LogP contribution in [0, 0.1) is 29.3 Å². The number of rotatable bonds is 6. The number of aliphatic hydroxyl groups excluding tert-OH is 1. The number of aliphatic hydroxyl groups is 1. The quantitative estimate of drug-likeness (QED) is 0.745. The van der Waals surface area contributed by atoms with Gasteiger partial charge in [-0.1, -0.05) is 13.8 Å². The normalized spacial score (nSPS) is 20.6. The largest absolute Gasteiger partial charge is 0.396 e. The summed E-state index contributed by atoms with van der Waals surface area (Å²) in [6.45, 7) is 5.39. The molecule has 1 aliphatic heterocycles. The Bertz CT molecular complexity index is 578. The van der Waals surface area contributed by atoms with Crippen LogP contribution in [-0.4, -0.2) is 41.7 Å². The van der Waals surface area contributed by atoms with Crippen molar-refractivity contribution >= 4 is 18.3 Å². The molecule has 25 heavy (non-hydrogen) atoms. The third kappa shape index (κ3) is 5.59. The van der Waals surface area contributed by atoms with Crippen LogP contribution in [-0.2, 0) is 11.3 Å². The van der Waals surface area contributed by atoms with Gasteiger partial charge in [-0.05, 0) is 29.5 Å². The summed E-state index contributed by atoms with van der Waals surface area (Å²) in [5, 5.41) is 11.7. The summed E-state index contributed by atoms with van der Waals surface area (Å²) in [5.41, 5.74) is 0.358. The lowest BCUT2D eigenvalue weighted by Gasteiger charge is -2.22. The number of halogens is 4. The van der Waals surface area contributed by atoms with E-state index in [0.717, 1.165) is 12.1 Å². The highest BCUT2D eigenvalue weighted by molar-refractivity contribution is 5.85. The van der Waals surface area contributed by atoms with Crippen molar-refractivity contribution in [2.75, 3.05) is 19.7 Å². The van der Waals surface area contributed by atoms with Gasteiger partial charge >= 0.3 is 0 Å². The van der Waals surface area contributed by atoms with E-state index in [0.29, 0.717) is 24.6 Å². The maximum Gasteiger partial charge on any atom is 0.222 e. The molecular weight excluding hydrogens is 357 g/mol. The molecule has 1 fully saturated rings. The molecule has 2 atom stereocenters. The van der Waals surface area contributed by atoms with E-state index in [9.17, 15) is 18.0 Å². The van der Waals surface area contributed by atoms with E-state index in [4.69, 9.17) is 5.11 Å². The van der Waals surface area contributed by atoms with Crippen LogP contribution in [0.1, 0.15) is 25.8 Å². The molecule has 1 aromatic carbocycles. The smallest absolute Gasteiger partial charge is 0.222 e. The Morgan fingerprint density at radius 1 is 1.28 bits per heavy atom. The van der Waals surface area contributed by atoms with Crippen LogP contribution in [0.5, 0.6) is 0 Å². The zero-order chi connectivity index (χ0) is 17.9. The topological polar surface area (TPSA) is 52.6 Å². The number of hydrogen-bond acceptors (Lipinski definition) is 3. The average molecular weight is 381 g/mol. The van der Waals surface area contributed by atoms with Crippen molar-refractivity contribution in [2.45, 2.75) is 32.9 Å². The van der Waals surface area contributed by atoms with Crippen LogP contribution in [0.3, 0.4) is 0 Å². The molecule has 8 heteroatoms. The first-order chi connectivity index (χ1) is 11.3. The highest BCUT2D eigenvalue weighted by atomic mass is 35.5. The second kappa shape index (κ2) is 9.40. The van der Waals surface area contributed by atoms with E-state index in [2.05, 4.69) is 19.2 Å². The summed E-state index contributed by atoms with van der Waals surface area (Å²) in [5.74, 6) is -3.56. The third-order valence-corrected chi connectivity index (χ3v) is 4.43. The summed E-state index contributed by atoms with van der Waals surface area (Å²) in [6.07, 6.45) is 0.0513. The Morgan fingerprint density at radius 2 is 1.88 bits per heavy atom. The van der Waals surface area contributed by atoms with Gasteiger partial charge in [0.1, 0.15) is 0 Å². The van der Waals surface area contributed by atoms with Crippen LogP contribution in [0.15, 0.2) is 12.1 Å². The third-order valence-electron chi connectivity index (χ3n) is 4.43. The first kappa shape index (κ1) is 21.7. The molecule has 142 valence electrons. The molecule has 0 saturated carbocycles. The average Bonchev–Trinajstić information content (AvgIpc) is 2.87. The van der Waals surface area contributed by atoms with Crippen molar-refractivity contribution in [2.24, 2.45) is 11.8 Å². The fourth-order valence-electron chi connectivity index (χ4n) is 3.21. The van der Waals surface area contributed by atoms with Crippen molar-refractivity contribution in [3.63, 3.8) is 0 Å². The van der Waals surface area contributed by atoms with E-state index < -0.39 is 17.5 Å². The molecule has 1 heterocycles. The van der Waals surface area contributed by atoms with Crippen molar-refractivity contribution < 1.29 is 23.1 Å². The summed E-state index contributed by atoms with van der Waals surface area (Å²) >= 11 is 0. The minimum Gasteiger partial charge on any atom is -0.396 e. The second-order valence-electron chi connectivity index (χ2n) is 6.62. The number of carbonyl (C=O) groups is 1. The van der Waals surface area contributed by atoms with Gasteiger partial charge in [0.15, 0.2) is 17.5 Å². The molecule has 1 amide bonds. The predicted octanol–water partition coefficient (Wildman–Crippen LogP) is 2.48. The fraction of sp³-hybridized carbons (Fsp3) is 0.588. The molecule has 2 N–H and O–H groups in total. The van der Waals surface area contributed by atoms with Crippen molar-refractivity contribution in [3.8, 4) is 0 Å². The van der Waals surface area contributed by atoms with E-state index in [1.54, 1.807) is 0 Å². The van der Waals surface area contributed by atoms with Gasteiger partial charge in [-0.15, -0.1) is 12.4 Å². The first-order valence-corrected chi connectivity index (χ1v) is 8.07. The number of nitrogens with zero attached hydrogens (tertiary/aromatic N) is 1. The van der Waals surface area contributed by atoms with Gasteiger partial charge in [0, 0.05) is 32.1 Å². The predicted molar refractivity (Wildman–Crippen MR) is 90.8 cm³/mol. The van der Waals surface area contributed by atoms with E-state index in [1.807, 2.05) is 4.90 Å². The van der Waals surface area contributed by atoms with Crippen molar-refractivity contribution in [3.05, 3.63) is 35.1 Å². The second-order valence-corrected chi connectivity index (χ2v) is 6.62. The number of hydrogen-bond donors (Lipinski definition) is 2. The van der Waals surface area contributed by atoms with Crippen LogP contribution in [0.4, 0.5) is 13.2 Å². The molecule has 0 spiro atoms. The van der Waals surface area contributed by atoms with Crippen LogP contribution < -0.4 is 5.32 Å². The molecule has 0 aromatic heterocycles. The van der Waals surface area contributed by atoms with Crippen molar-refractivity contribution in [1.82, 2.24) is 10.2 Å². The number of benzene rings is 1. The highest BCUT2D eigenvalue weighted by Crippen LogP contribution is 2.26. The number of likely N-dealkylation sites (tertiary alicyclic amines) is 1. The lowest BCUT2D eigenvalue weighted by atomic mass is 9.91. The van der Waals surface area contributed by atoms with E-state index in [-0.39, 0.29) is 49.8 Å². The maximum absolute atomic E-state index is 13.3. The van der Waals surface area contributed by atoms with E-state index in [1.165, 1.54) is 0 Å². The minimum atomic E-state index is -1.46. The molecular formula is C17H24ClF3N2O2. The van der Waals surface area contributed by atoms with Crippen LogP contribution in [0.2, 0.25) is 0 Å². The molecule has 1 aromatic rings. The lowest BCUT2D eigenvalue weighted by molar-refractivity contribution is -0.122. The van der Waals surface area contributed by atoms with E-state index >= 15 is 0 Å². The zero-order valence-corrected chi connectivity index (χ0v) is 15.1. The molecule has 1 aliphatic rings. The molecule has 4 nitrogen and oxygen atoms in total. The Hall–Kier alpha value is -1.31. The Kier molecular flexibility index (Phi) is 8.18. The van der Waals surface area contributed by atoms with Gasteiger partial charge in [0.25, 0.3) is 0 Å². The SMILES string of the molecule is CC(C)[C@H]1CN(Cc2cc(F)c(F)c(F)c2)C[C@@H]1NC(=O)CCO.Cl. The zero-order valence-electron chi connectivity index (χ0n) is 14.3. The summed E-state index contributed by atoms with van der Waals surface area (Å²) in [6, 6.07) is 1.92. The molecule has 1 saturated heterocycles. The Balaban J connectivity index is 0.00000312. The fourth-order valence-corrected chi connectivity index (χ4v) is 3.21. The Morgan fingerprint density at radius 3 is 2.40 bits per heavy atom. The maximum atomic E-state index is 13.3. The molecule has 0 aliphatic carbocycles. The van der Waals surface area contributed by atoms with Gasteiger partial charge in [-0.25, -0.2) is 13.2 Å². The Labute approximate surface area is 151 Å². The van der Waals surface area contributed by atoms with Crippen LogP contribution in [0.25, 0.3) is 0 Å². The lowest BCUT2D eigenvalue weighted by Crippen LogP contribution is -2.42. The minimum absolute atomic E-state index is 0. The standard InChI is InChI=1S/C17H23F3N2O2.ClH/c1-10(2)12-8-22(9-15(12)21-16(24)3-4-23)7-11-5-13(18)17(20)14(19)6-11;/h5-6,10,12,15,23H,3-4,7-9H2,1-2H3,(H,21,24);1H/t12-,15+;/m1./s1. The van der Waals surface area contributed by atoms with Gasteiger partial charge in [0.2, 0.25) is 5.91 Å². The molecule has 2 rings (SSSR count).